The van der Waals surface area contributed by atoms with Crippen molar-refractivity contribution < 1.29 is 13.3 Å². The van der Waals surface area contributed by atoms with Crippen LogP contribution in [0.2, 0.25) is 0 Å². The van der Waals surface area contributed by atoms with E-state index >= 15 is 0 Å². The number of nitrogens with zero attached hydrogens (tertiary/aromatic N) is 2. The molecule has 1 aromatic carbocycles. The quantitative estimate of drug-likeness (QED) is 0.662. The van der Waals surface area contributed by atoms with Crippen molar-refractivity contribution in [2.45, 2.75) is 24.8 Å². The molecular weight excluding hydrogens is 326 g/mol. The van der Waals surface area contributed by atoms with Crippen LogP contribution in [0.25, 0.3) is 0 Å². The molecule has 0 aliphatic heterocycles. The van der Waals surface area contributed by atoms with Crippen molar-refractivity contribution in [1.29, 1.82) is 0 Å². The van der Waals surface area contributed by atoms with Gasteiger partial charge in [0.1, 0.15) is 9.90 Å². The van der Waals surface area contributed by atoms with Gasteiger partial charge < -0.3 is 5.32 Å². The molecule has 0 aliphatic rings. The van der Waals surface area contributed by atoms with Crippen molar-refractivity contribution in [3.8, 4) is 0 Å². The van der Waals surface area contributed by atoms with E-state index in [0.717, 1.165) is 17.0 Å². The van der Waals surface area contributed by atoms with Gasteiger partial charge in [0.2, 0.25) is 0 Å². The molecule has 0 saturated carbocycles. The molecule has 1 unspecified atom stereocenters. The van der Waals surface area contributed by atoms with Crippen molar-refractivity contribution >= 4 is 32.5 Å². The molecule has 0 amide bonds. The maximum Gasteiger partial charge on any atom is 0.288 e. The van der Waals surface area contributed by atoms with Crippen LogP contribution in [-0.4, -0.2) is 24.6 Å². The minimum absolute atomic E-state index is 0.132. The summed E-state index contributed by atoms with van der Waals surface area (Å²) < 4.78 is 23.5. The molecule has 0 aliphatic carbocycles. The third kappa shape index (κ3) is 3.60. The fourth-order valence-corrected chi connectivity index (χ4v) is 3.60. The molecule has 9 heteroatoms. The van der Waals surface area contributed by atoms with E-state index in [1.807, 2.05) is 19.2 Å². The SMILES string of the molecule is Cc1csc(C(C)Nc2ccc([N+](=O)[O-])c(S(C)(=O)=O)c2)n1. The molecular formula is C13H15N3O4S2. The Labute approximate surface area is 132 Å². The molecule has 2 rings (SSSR count). The summed E-state index contributed by atoms with van der Waals surface area (Å²) in [6.45, 7) is 3.78. The minimum atomic E-state index is -3.69. The number of sulfone groups is 1. The number of aromatic nitrogens is 1. The number of nitro benzene ring substituents is 1. The molecule has 118 valence electrons. The van der Waals surface area contributed by atoms with Crippen molar-refractivity contribution in [2.75, 3.05) is 11.6 Å². The molecule has 1 heterocycles. The zero-order chi connectivity index (χ0) is 16.5. The summed E-state index contributed by atoms with van der Waals surface area (Å²) in [7, 11) is -3.69. The van der Waals surface area contributed by atoms with E-state index in [0.29, 0.717) is 5.69 Å². The third-order valence-corrected chi connectivity index (χ3v) is 5.22. The monoisotopic (exact) mass is 341 g/mol. The first-order chi connectivity index (χ1) is 10.2. The van der Waals surface area contributed by atoms with E-state index in [1.54, 1.807) is 0 Å². The van der Waals surface area contributed by atoms with Gasteiger partial charge in [0.25, 0.3) is 5.69 Å². The standard InChI is InChI=1S/C13H15N3O4S2/c1-8-7-21-13(14-8)9(2)15-10-4-5-11(16(17)18)12(6-10)22(3,19)20/h4-7,9,15H,1-3H3. The fourth-order valence-electron chi connectivity index (χ4n) is 1.93. The van der Waals surface area contributed by atoms with Gasteiger partial charge in [-0.1, -0.05) is 0 Å². The third-order valence-electron chi connectivity index (χ3n) is 2.95. The molecule has 1 N–H and O–H groups in total. The van der Waals surface area contributed by atoms with Crippen LogP contribution < -0.4 is 5.32 Å². The molecule has 7 nitrogen and oxygen atoms in total. The molecule has 0 bridgehead atoms. The molecule has 0 spiro atoms. The zero-order valence-corrected chi connectivity index (χ0v) is 13.9. The van der Waals surface area contributed by atoms with Crippen molar-refractivity contribution in [1.82, 2.24) is 4.98 Å². The van der Waals surface area contributed by atoms with E-state index in [-0.39, 0.29) is 10.9 Å². The van der Waals surface area contributed by atoms with Crippen LogP contribution in [0.4, 0.5) is 11.4 Å². The average Bonchev–Trinajstić information content (AvgIpc) is 2.84. The number of hydrogen-bond donors (Lipinski definition) is 1. The van der Waals surface area contributed by atoms with Gasteiger partial charge in [-0.3, -0.25) is 10.1 Å². The Morgan fingerprint density at radius 3 is 2.59 bits per heavy atom. The summed E-state index contributed by atoms with van der Waals surface area (Å²) in [6.07, 6.45) is 0.951. The van der Waals surface area contributed by atoms with Gasteiger partial charge in [0.15, 0.2) is 9.84 Å². The van der Waals surface area contributed by atoms with E-state index in [2.05, 4.69) is 10.3 Å². The van der Waals surface area contributed by atoms with E-state index in [1.165, 1.54) is 29.5 Å². The van der Waals surface area contributed by atoms with Crippen LogP contribution in [0.1, 0.15) is 23.7 Å². The molecule has 2 aromatic rings. The lowest BCUT2D eigenvalue weighted by Gasteiger charge is -2.13. The number of hydrogen-bond acceptors (Lipinski definition) is 7. The first-order valence-corrected chi connectivity index (χ1v) is 9.12. The van der Waals surface area contributed by atoms with Crippen LogP contribution in [0, 0.1) is 17.0 Å². The topological polar surface area (TPSA) is 102 Å². The summed E-state index contributed by atoms with van der Waals surface area (Å²) in [6, 6.07) is 3.83. The Kier molecular flexibility index (Phi) is 4.47. The van der Waals surface area contributed by atoms with Crippen LogP contribution >= 0.6 is 11.3 Å². The fraction of sp³-hybridized carbons (Fsp3) is 0.308. The van der Waals surface area contributed by atoms with Gasteiger partial charge in [-0.05, 0) is 26.0 Å². The second kappa shape index (κ2) is 6.01. The highest BCUT2D eigenvalue weighted by Crippen LogP contribution is 2.29. The highest BCUT2D eigenvalue weighted by molar-refractivity contribution is 7.90. The highest BCUT2D eigenvalue weighted by atomic mass is 32.2. The lowest BCUT2D eigenvalue weighted by atomic mass is 10.2. The van der Waals surface area contributed by atoms with Gasteiger partial charge in [0, 0.05) is 29.1 Å². The van der Waals surface area contributed by atoms with E-state index in [4.69, 9.17) is 0 Å². The Hall–Kier alpha value is -2.00. The zero-order valence-electron chi connectivity index (χ0n) is 12.2. The average molecular weight is 341 g/mol. The van der Waals surface area contributed by atoms with Crippen molar-refractivity contribution in [3.05, 3.63) is 44.4 Å². The van der Waals surface area contributed by atoms with Gasteiger partial charge in [-0.15, -0.1) is 11.3 Å². The summed E-state index contributed by atoms with van der Waals surface area (Å²) in [5.41, 5.74) is 0.978. The summed E-state index contributed by atoms with van der Waals surface area (Å²) in [5.74, 6) is 0. The largest absolute Gasteiger partial charge is 0.376 e. The molecule has 1 aromatic heterocycles. The summed E-state index contributed by atoms with van der Waals surface area (Å²) in [4.78, 5) is 14.3. The first-order valence-electron chi connectivity index (χ1n) is 6.35. The number of aryl methyl sites for hydroxylation is 1. The van der Waals surface area contributed by atoms with E-state index in [9.17, 15) is 18.5 Å². The molecule has 1 atom stereocenters. The Balaban J connectivity index is 2.35. The second-order valence-electron chi connectivity index (χ2n) is 4.90. The number of rotatable bonds is 5. The number of benzene rings is 1. The number of anilines is 1. The Morgan fingerprint density at radius 1 is 1.41 bits per heavy atom. The minimum Gasteiger partial charge on any atom is -0.376 e. The predicted molar refractivity (Wildman–Crippen MR) is 85.1 cm³/mol. The summed E-state index contributed by atoms with van der Waals surface area (Å²) in [5, 5.41) is 16.8. The van der Waals surface area contributed by atoms with Crippen LogP contribution in [0.3, 0.4) is 0 Å². The molecule has 0 radical (unpaired) electrons. The predicted octanol–water partition coefficient (Wildman–Crippen LogP) is 2.94. The van der Waals surface area contributed by atoms with Gasteiger partial charge in [-0.2, -0.15) is 0 Å². The number of nitro groups is 1. The molecule has 0 fully saturated rings. The van der Waals surface area contributed by atoms with E-state index < -0.39 is 20.4 Å². The van der Waals surface area contributed by atoms with Crippen molar-refractivity contribution in [2.24, 2.45) is 0 Å². The highest BCUT2D eigenvalue weighted by Gasteiger charge is 2.23. The maximum atomic E-state index is 11.7. The van der Waals surface area contributed by atoms with Gasteiger partial charge in [-0.25, -0.2) is 13.4 Å². The Bertz CT molecular complexity index is 814. The number of thiazole rings is 1. The van der Waals surface area contributed by atoms with Gasteiger partial charge in [0.05, 0.1) is 11.0 Å². The normalized spacial score (nSPS) is 12.9. The molecule has 22 heavy (non-hydrogen) atoms. The van der Waals surface area contributed by atoms with Crippen LogP contribution in [-0.2, 0) is 9.84 Å². The van der Waals surface area contributed by atoms with Crippen LogP contribution in [0.5, 0.6) is 0 Å². The Morgan fingerprint density at radius 2 is 2.09 bits per heavy atom. The smallest absolute Gasteiger partial charge is 0.288 e. The number of nitrogens with one attached hydrogen (secondary N) is 1. The molecule has 0 saturated heterocycles. The lowest BCUT2D eigenvalue weighted by Crippen LogP contribution is -2.08. The van der Waals surface area contributed by atoms with Gasteiger partial charge >= 0.3 is 0 Å². The first kappa shape index (κ1) is 16.4. The lowest BCUT2D eigenvalue weighted by molar-refractivity contribution is -0.387. The summed E-state index contributed by atoms with van der Waals surface area (Å²) >= 11 is 1.49. The van der Waals surface area contributed by atoms with Crippen LogP contribution in [0.15, 0.2) is 28.5 Å². The second-order valence-corrected chi connectivity index (χ2v) is 7.78. The van der Waals surface area contributed by atoms with Crippen molar-refractivity contribution in [3.63, 3.8) is 0 Å². The maximum absolute atomic E-state index is 11.7.